The molecule has 0 radical (unpaired) electrons. The van der Waals surface area contributed by atoms with Gasteiger partial charge < -0.3 is 14.8 Å². The fourth-order valence-electron chi connectivity index (χ4n) is 3.99. The Balaban J connectivity index is 1.77. The van der Waals surface area contributed by atoms with Crippen molar-refractivity contribution in [2.45, 2.75) is 25.4 Å². The molecule has 0 spiro atoms. The maximum atomic E-state index is 13.5. The lowest BCUT2D eigenvalue weighted by Crippen LogP contribution is -2.43. The third kappa shape index (κ3) is 3.48. The summed E-state index contributed by atoms with van der Waals surface area (Å²) in [6.45, 7) is 4.04. The van der Waals surface area contributed by atoms with Crippen LogP contribution in [0, 0.1) is 0 Å². The molecular formula is C24H25NO3. The van der Waals surface area contributed by atoms with Crippen LogP contribution in [0.1, 0.15) is 35.7 Å². The summed E-state index contributed by atoms with van der Waals surface area (Å²) < 4.78 is 12.1. The predicted molar refractivity (Wildman–Crippen MR) is 111 cm³/mol. The number of benzene rings is 3. The van der Waals surface area contributed by atoms with Gasteiger partial charge in [0.2, 0.25) is 0 Å². The van der Waals surface area contributed by atoms with Gasteiger partial charge in [-0.2, -0.15) is 0 Å². The molecule has 0 saturated carbocycles. The first-order valence-corrected chi connectivity index (χ1v) is 9.88. The van der Waals surface area contributed by atoms with Crippen molar-refractivity contribution < 1.29 is 14.3 Å². The Morgan fingerprint density at radius 2 is 1.68 bits per heavy atom. The van der Waals surface area contributed by atoms with E-state index in [-0.39, 0.29) is 5.97 Å². The van der Waals surface area contributed by atoms with Crippen LogP contribution in [0.4, 0.5) is 0 Å². The molecule has 1 N–H and O–H groups in total. The molecular weight excluding hydrogens is 350 g/mol. The van der Waals surface area contributed by atoms with Crippen molar-refractivity contribution >= 4 is 16.7 Å². The molecule has 0 unspecified atom stereocenters. The number of ether oxygens (including phenoxy) is 2. The molecule has 4 rings (SSSR count). The lowest BCUT2D eigenvalue weighted by atomic mass is 9.84. The first-order chi connectivity index (χ1) is 13.7. The second-order valence-corrected chi connectivity index (χ2v) is 7.09. The number of nitrogens with one attached hydrogen (secondary N) is 1. The van der Waals surface area contributed by atoms with Gasteiger partial charge in [0.05, 0.1) is 6.61 Å². The van der Waals surface area contributed by atoms with E-state index in [1.807, 2.05) is 73.7 Å². The highest BCUT2D eigenvalue weighted by Crippen LogP contribution is 2.38. The average molecular weight is 375 g/mol. The Kier molecular flexibility index (Phi) is 5.31. The predicted octanol–water partition coefficient (Wildman–Crippen LogP) is 4.67. The van der Waals surface area contributed by atoms with Crippen LogP contribution in [0.2, 0.25) is 0 Å². The minimum atomic E-state index is -0.621. The fraction of sp³-hybridized carbons (Fsp3) is 0.292. The summed E-state index contributed by atoms with van der Waals surface area (Å²) in [5.41, 5.74) is 0.932. The maximum Gasteiger partial charge on any atom is 0.343 e. The van der Waals surface area contributed by atoms with E-state index in [2.05, 4.69) is 5.32 Å². The van der Waals surface area contributed by atoms with E-state index >= 15 is 0 Å². The Labute approximate surface area is 165 Å². The third-order valence-electron chi connectivity index (χ3n) is 5.39. The van der Waals surface area contributed by atoms with Crippen LogP contribution in [-0.2, 0) is 10.3 Å². The maximum absolute atomic E-state index is 13.5. The van der Waals surface area contributed by atoms with Crippen molar-refractivity contribution in [2.24, 2.45) is 0 Å². The van der Waals surface area contributed by atoms with E-state index in [9.17, 15) is 4.79 Å². The van der Waals surface area contributed by atoms with Crippen LogP contribution in [0.25, 0.3) is 10.8 Å². The normalized spacial score (nSPS) is 15.9. The van der Waals surface area contributed by atoms with Crippen molar-refractivity contribution in [3.05, 3.63) is 77.9 Å². The molecule has 144 valence electrons. The van der Waals surface area contributed by atoms with Gasteiger partial charge >= 0.3 is 5.97 Å². The molecule has 1 aliphatic rings. The number of hydrogen-bond donors (Lipinski definition) is 1. The van der Waals surface area contributed by atoms with E-state index in [1.54, 1.807) is 0 Å². The topological polar surface area (TPSA) is 47.6 Å². The summed E-state index contributed by atoms with van der Waals surface area (Å²) in [5.74, 6) is 0.245. The first-order valence-electron chi connectivity index (χ1n) is 9.88. The van der Waals surface area contributed by atoms with Crippen LogP contribution >= 0.6 is 0 Å². The molecule has 0 bridgehead atoms. The van der Waals surface area contributed by atoms with Gasteiger partial charge in [0, 0.05) is 12.8 Å². The van der Waals surface area contributed by atoms with Gasteiger partial charge in [-0.25, -0.2) is 4.79 Å². The number of hydrogen-bond acceptors (Lipinski definition) is 4. The van der Waals surface area contributed by atoms with Gasteiger partial charge in [0.15, 0.2) is 0 Å². The molecule has 3 aromatic carbocycles. The summed E-state index contributed by atoms with van der Waals surface area (Å²) >= 11 is 0. The number of fused-ring (bicyclic) bond motifs is 1. The van der Waals surface area contributed by atoms with Gasteiger partial charge in [-0.1, -0.05) is 60.7 Å². The minimum absolute atomic E-state index is 0.328. The molecule has 0 aromatic heterocycles. The fourth-order valence-corrected chi connectivity index (χ4v) is 3.99. The highest BCUT2D eigenvalue weighted by molar-refractivity contribution is 6.07. The quantitative estimate of drug-likeness (QED) is 0.658. The molecule has 4 nitrogen and oxygen atoms in total. The summed E-state index contributed by atoms with van der Waals surface area (Å²) in [5, 5.41) is 5.22. The average Bonchev–Trinajstić information content (AvgIpc) is 2.75. The molecule has 4 heteroatoms. The molecule has 0 amide bonds. The van der Waals surface area contributed by atoms with Crippen LogP contribution in [0.15, 0.2) is 66.7 Å². The Bertz CT molecular complexity index is 962. The Hall–Kier alpha value is -2.85. The van der Waals surface area contributed by atoms with E-state index in [4.69, 9.17) is 9.47 Å². The van der Waals surface area contributed by atoms with Gasteiger partial charge in [0.1, 0.15) is 16.9 Å². The second-order valence-electron chi connectivity index (χ2n) is 7.09. The van der Waals surface area contributed by atoms with E-state index in [0.29, 0.717) is 17.9 Å². The number of carbonyl (C=O) groups excluding carboxylic acids is 1. The zero-order valence-electron chi connectivity index (χ0n) is 16.1. The number of piperidine rings is 1. The monoisotopic (exact) mass is 375 g/mol. The van der Waals surface area contributed by atoms with Crippen molar-refractivity contribution in [3.63, 3.8) is 0 Å². The third-order valence-corrected chi connectivity index (χ3v) is 5.39. The lowest BCUT2D eigenvalue weighted by Gasteiger charge is -2.37. The largest absolute Gasteiger partial charge is 0.493 e. The molecule has 0 aliphatic carbocycles. The van der Waals surface area contributed by atoms with Crippen LogP contribution in [0.5, 0.6) is 5.75 Å². The van der Waals surface area contributed by atoms with Crippen molar-refractivity contribution in [3.8, 4) is 5.75 Å². The summed E-state index contributed by atoms with van der Waals surface area (Å²) in [7, 11) is 0. The van der Waals surface area contributed by atoms with Gasteiger partial charge in [-0.15, -0.1) is 0 Å². The molecule has 3 aromatic rings. The molecule has 1 saturated heterocycles. The minimum Gasteiger partial charge on any atom is -0.493 e. The summed E-state index contributed by atoms with van der Waals surface area (Å²) in [6, 6.07) is 21.8. The number of rotatable bonds is 5. The SMILES string of the molecule is CCOc1ccc2ccccc2c1C(=O)OC1(c2ccccc2)CCNCC1. The van der Waals surface area contributed by atoms with E-state index in [0.717, 1.165) is 42.3 Å². The van der Waals surface area contributed by atoms with E-state index < -0.39 is 5.60 Å². The first kappa shape index (κ1) is 18.5. The van der Waals surface area contributed by atoms with E-state index in [1.165, 1.54) is 0 Å². The lowest BCUT2D eigenvalue weighted by molar-refractivity contribution is -0.0378. The van der Waals surface area contributed by atoms with Crippen molar-refractivity contribution in [1.82, 2.24) is 5.32 Å². The molecule has 1 fully saturated rings. The van der Waals surface area contributed by atoms with Crippen LogP contribution < -0.4 is 10.1 Å². The zero-order valence-corrected chi connectivity index (χ0v) is 16.1. The summed E-state index contributed by atoms with van der Waals surface area (Å²) in [6.07, 6.45) is 1.50. The molecule has 28 heavy (non-hydrogen) atoms. The molecule has 0 atom stereocenters. The standard InChI is InChI=1S/C24H25NO3/c1-2-27-21-13-12-18-8-6-7-11-20(18)22(21)23(26)28-24(14-16-25-17-15-24)19-9-4-3-5-10-19/h3-13,25H,2,14-17H2,1H3. The zero-order chi connectivity index (χ0) is 19.4. The Morgan fingerprint density at radius 1 is 0.964 bits per heavy atom. The smallest absolute Gasteiger partial charge is 0.343 e. The van der Waals surface area contributed by atoms with Gasteiger partial charge in [0.25, 0.3) is 0 Å². The van der Waals surface area contributed by atoms with Crippen molar-refractivity contribution in [2.75, 3.05) is 19.7 Å². The van der Waals surface area contributed by atoms with Gasteiger partial charge in [-0.3, -0.25) is 0 Å². The highest BCUT2D eigenvalue weighted by Gasteiger charge is 2.38. The van der Waals surface area contributed by atoms with Gasteiger partial charge in [-0.05, 0) is 42.4 Å². The van der Waals surface area contributed by atoms with Crippen LogP contribution in [-0.4, -0.2) is 25.7 Å². The van der Waals surface area contributed by atoms with Crippen LogP contribution in [0.3, 0.4) is 0 Å². The second kappa shape index (κ2) is 8.03. The molecule has 1 heterocycles. The Morgan fingerprint density at radius 3 is 2.43 bits per heavy atom. The summed E-state index contributed by atoms with van der Waals surface area (Å²) in [4.78, 5) is 13.5. The number of carbonyl (C=O) groups is 1. The molecule has 1 aliphatic heterocycles. The highest BCUT2D eigenvalue weighted by atomic mass is 16.6. The number of esters is 1. The van der Waals surface area contributed by atoms with Crippen molar-refractivity contribution in [1.29, 1.82) is 0 Å².